The second kappa shape index (κ2) is 7.44. The molecule has 1 aromatic carbocycles. The molecular formula is C7H3F4I2Mg. The molecule has 0 bridgehead atoms. The molecule has 0 fully saturated rings. The van der Waals surface area contributed by atoms with Crippen molar-refractivity contribution in [1.29, 1.82) is 0 Å². The molecule has 0 amide bonds. The zero-order chi connectivity index (χ0) is 11.2. The summed E-state index contributed by atoms with van der Waals surface area (Å²) >= 11 is 5.18. The van der Waals surface area contributed by atoms with Crippen LogP contribution in [0.25, 0.3) is 0 Å². The van der Waals surface area contributed by atoms with E-state index in [1.807, 2.05) is 6.07 Å². The fourth-order valence-corrected chi connectivity index (χ4v) is 0.607. The van der Waals surface area contributed by atoms with Crippen LogP contribution in [-0.4, -0.2) is 12.6 Å². The standard InChI is InChI=1S/C7H3F4.2HI.Mg/c8-6-3-1-2-5(4-6)7(9,10)11;;;/h2-4H;2*1H;/q;;;+2/p-2. The van der Waals surface area contributed by atoms with Crippen LogP contribution in [-0.2, 0) is 6.18 Å². The molecule has 0 saturated carbocycles. The maximum atomic E-state index is 12.2. The van der Waals surface area contributed by atoms with Gasteiger partial charge in [-0.3, -0.25) is 37.7 Å². The number of hydrogen-bond donors (Lipinski definition) is 0. The van der Waals surface area contributed by atoms with Crippen molar-refractivity contribution in [1.82, 2.24) is 0 Å². The zero-order valence-electron chi connectivity index (χ0n) is 6.71. The minimum atomic E-state index is -4.49. The molecule has 0 aliphatic rings. The molecular weight excluding hydrogens is 438 g/mol. The molecule has 1 radical (unpaired) electrons. The molecule has 0 heterocycles. The van der Waals surface area contributed by atoms with Gasteiger partial charge in [0.15, 0.2) is 0 Å². The maximum absolute atomic E-state index is 12.2. The van der Waals surface area contributed by atoms with Gasteiger partial charge in [-0.25, -0.2) is 4.39 Å². The summed E-state index contributed by atoms with van der Waals surface area (Å²) in [6.07, 6.45) is -4.49. The summed E-state index contributed by atoms with van der Waals surface area (Å²) in [4.78, 5) is 0. The van der Waals surface area contributed by atoms with Crippen molar-refractivity contribution >= 4 is 50.3 Å². The summed E-state index contributed by atoms with van der Waals surface area (Å²) in [6.45, 7) is 0. The average Bonchev–Trinajstić information content (AvgIpc) is 2.04. The van der Waals surface area contributed by atoms with Crippen molar-refractivity contribution < 1.29 is 17.6 Å². The first-order valence-electron chi connectivity index (χ1n) is 3.27. The molecule has 0 aliphatic carbocycles. The predicted molar refractivity (Wildman–Crippen MR) is 64.0 cm³/mol. The van der Waals surface area contributed by atoms with Crippen LogP contribution in [0.3, 0.4) is 0 Å². The highest BCUT2D eigenvalue weighted by molar-refractivity contribution is 14.3. The van der Waals surface area contributed by atoms with E-state index in [0.717, 1.165) is 6.07 Å². The molecule has 75 valence electrons. The Labute approximate surface area is 108 Å². The van der Waals surface area contributed by atoms with Gasteiger partial charge in [0.25, 0.3) is 0 Å². The lowest BCUT2D eigenvalue weighted by molar-refractivity contribution is -0.137. The normalized spacial score (nSPS) is 9.86. The van der Waals surface area contributed by atoms with Gasteiger partial charge in [-0.1, -0.05) is 0 Å². The summed E-state index contributed by atoms with van der Waals surface area (Å²) < 4.78 is 47.5. The molecule has 7 heteroatoms. The van der Waals surface area contributed by atoms with Crippen LogP contribution >= 0.6 is 37.7 Å². The average molecular weight is 441 g/mol. The smallest absolute Gasteiger partial charge is 0.276 e. The lowest BCUT2D eigenvalue weighted by Crippen LogP contribution is -2.04. The van der Waals surface area contributed by atoms with Crippen LogP contribution in [0.15, 0.2) is 18.2 Å². The number of halogens is 6. The van der Waals surface area contributed by atoms with E-state index < -0.39 is 17.6 Å². The van der Waals surface area contributed by atoms with Gasteiger partial charge in [0.05, 0.1) is 5.56 Å². The fraction of sp³-hybridized carbons (Fsp3) is 0.143. The molecule has 0 spiro atoms. The molecule has 0 nitrogen and oxygen atoms in total. The Hall–Kier alpha value is 1.17. The van der Waals surface area contributed by atoms with Crippen molar-refractivity contribution in [2.75, 3.05) is 0 Å². The number of alkyl halides is 3. The van der Waals surface area contributed by atoms with Crippen LogP contribution < -0.4 is 0 Å². The Bertz CT molecular complexity index is 277. The van der Waals surface area contributed by atoms with E-state index >= 15 is 0 Å². The molecule has 1 rings (SSSR count). The second-order valence-electron chi connectivity index (χ2n) is 2.04. The van der Waals surface area contributed by atoms with Crippen LogP contribution in [0, 0.1) is 11.9 Å². The van der Waals surface area contributed by atoms with Gasteiger partial charge in [0, 0.05) is 0 Å². The lowest BCUT2D eigenvalue weighted by Gasteiger charge is -2.04. The second-order valence-corrected chi connectivity index (χ2v) is 15.6. The Kier molecular flexibility index (Phi) is 8.06. The first-order valence-corrected chi connectivity index (χ1v) is 13.5. The van der Waals surface area contributed by atoms with Gasteiger partial charge in [-0.2, -0.15) is 13.2 Å². The van der Waals surface area contributed by atoms with Gasteiger partial charge in [0.1, 0.15) is 5.82 Å². The first kappa shape index (κ1) is 15.2. The van der Waals surface area contributed by atoms with E-state index in [-0.39, 0.29) is 0 Å². The predicted octanol–water partition coefficient (Wildman–Crippen LogP) is 4.04. The van der Waals surface area contributed by atoms with Crippen LogP contribution in [0.2, 0.25) is 0 Å². The molecule has 14 heavy (non-hydrogen) atoms. The fourth-order valence-electron chi connectivity index (χ4n) is 0.607. The van der Waals surface area contributed by atoms with Crippen molar-refractivity contribution in [3.63, 3.8) is 0 Å². The van der Waals surface area contributed by atoms with Crippen LogP contribution in [0.5, 0.6) is 0 Å². The van der Waals surface area contributed by atoms with Gasteiger partial charge in [-0.15, -0.1) is 0 Å². The zero-order valence-corrected chi connectivity index (χ0v) is 12.4. The third kappa shape index (κ3) is 6.61. The Morgan fingerprint density at radius 3 is 2.00 bits per heavy atom. The number of hydrogen-bond acceptors (Lipinski definition) is 0. The Morgan fingerprint density at radius 1 is 1.21 bits per heavy atom. The molecule has 0 unspecified atom stereocenters. The summed E-state index contributed by atoms with van der Waals surface area (Å²) in [5, 5.41) is 0. The molecule has 0 atom stereocenters. The molecule has 0 aromatic heterocycles. The first-order chi connectivity index (χ1) is 6.41. The van der Waals surface area contributed by atoms with Crippen molar-refractivity contribution in [3.05, 3.63) is 35.6 Å². The highest BCUT2D eigenvalue weighted by atomic mass is 127. The van der Waals surface area contributed by atoms with E-state index in [1.54, 1.807) is 0 Å². The van der Waals surface area contributed by atoms with Gasteiger partial charge >= 0.3 is 18.8 Å². The van der Waals surface area contributed by atoms with Gasteiger partial charge in [0.2, 0.25) is 0 Å². The molecule has 0 saturated heterocycles. The third-order valence-corrected chi connectivity index (χ3v) is 1.08. The van der Waals surface area contributed by atoms with E-state index in [1.165, 1.54) is 0 Å². The molecule has 0 aliphatic heterocycles. The quantitative estimate of drug-likeness (QED) is 0.324. The Balaban J connectivity index is 0.000000500. The summed E-state index contributed by atoms with van der Waals surface area (Å²) in [5.74, 6) is -0.931. The molecule has 0 N–H and O–H groups in total. The Morgan fingerprint density at radius 2 is 1.71 bits per heavy atom. The minimum absolute atomic E-state index is 0.357. The van der Waals surface area contributed by atoms with E-state index in [0.29, 0.717) is 24.7 Å². The van der Waals surface area contributed by atoms with Gasteiger partial charge < -0.3 is 0 Å². The monoisotopic (exact) mass is 441 g/mol. The van der Waals surface area contributed by atoms with E-state index in [9.17, 15) is 17.6 Å². The summed E-state index contributed by atoms with van der Waals surface area (Å²) in [5.41, 5.74) is -1.02. The van der Waals surface area contributed by atoms with Crippen molar-refractivity contribution in [3.8, 4) is 0 Å². The van der Waals surface area contributed by atoms with E-state index in [4.69, 9.17) is 0 Å². The van der Waals surface area contributed by atoms with Crippen molar-refractivity contribution in [2.24, 2.45) is 0 Å². The topological polar surface area (TPSA) is 0 Å². The molecule has 1 aromatic rings. The maximum Gasteiger partial charge on any atom is 0.552 e. The van der Waals surface area contributed by atoms with E-state index in [2.05, 4.69) is 37.7 Å². The van der Waals surface area contributed by atoms with Gasteiger partial charge in [-0.05, 0) is 24.3 Å². The van der Waals surface area contributed by atoms with Crippen molar-refractivity contribution in [2.45, 2.75) is 6.18 Å². The summed E-state index contributed by atoms with van der Waals surface area (Å²) in [7, 11) is 0. The number of benzene rings is 1. The highest BCUT2D eigenvalue weighted by Gasteiger charge is 2.30. The minimum Gasteiger partial charge on any atom is -0.276 e. The van der Waals surface area contributed by atoms with Crippen LogP contribution in [0.4, 0.5) is 17.6 Å². The lowest BCUT2D eigenvalue weighted by atomic mass is 10.2. The third-order valence-electron chi connectivity index (χ3n) is 1.08. The number of rotatable bonds is 0. The SMILES string of the molecule is Fc1c[c]cc(C(F)(F)F)c1.[I][Mg][I]. The highest BCUT2D eigenvalue weighted by Crippen LogP contribution is 2.28. The largest absolute Gasteiger partial charge is 0.552 e. The summed E-state index contributed by atoms with van der Waals surface area (Å²) in [6, 6.07) is 4.01. The van der Waals surface area contributed by atoms with Crippen LogP contribution in [0.1, 0.15) is 5.56 Å².